The molecule has 11 heteroatoms. The second kappa shape index (κ2) is 10.7. The van der Waals surface area contributed by atoms with Crippen molar-refractivity contribution in [3.8, 4) is 0 Å². The molecule has 178 valence electrons. The first-order valence-corrected chi connectivity index (χ1v) is 10.8. The summed E-state index contributed by atoms with van der Waals surface area (Å²) in [6.45, 7) is 9.00. The van der Waals surface area contributed by atoms with Crippen molar-refractivity contribution in [1.29, 1.82) is 0 Å². The number of nitrogens with two attached hydrogens (primary N) is 1. The number of rotatable bonds is 8. The lowest BCUT2D eigenvalue weighted by atomic mass is 10.1. The average molecular weight is 528 g/mol. The van der Waals surface area contributed by atoms with Crippen LogP contribution in [0.4, 0.5) is 18.9 Å². The number of nitrogens with zero attached hydrogens (tertiary/aromatic N) is 2. The molecular weight excluding hydrogens is 503 g/mol. The molecule has 0 spiro atoms. The molecule has 1 aromatic carbocycles. The van der Waals surface area contributed by atoms with E-state index in [2.05, 4.69) is 38.2 Å². The van der Waals surface area contributed by atoms with Crippen molar-refractivity contribution in [1.82, 2.24) is 15.1 Å². The lowest BCUT2D eigenvalue weighted by Gasteiger charge is -2.15. The van der Waals surface area contributed by atoms with Crippen LogP contribution in [-0.4, -0.2) is 28.1 Å². The molecule has 7 nitrogen and oxygen atoms in total. The molecule has 0 aliphatic heterocycles. The van der Waals surface area contributed by atoms with E-state index >= 15 is 0 Å². The zero-order valence-electron chi connectivity index (χ0n) is 18.4. The first-order valence-electron chi connectivity index (χ1n) is 10.0. The molecule has 2 aromatic rings. The van der Waals surface area contributed by atoms with Gasteiger partial charge in [0.15, 0.2) is 5.69 Å². The normalized spacial score (nSPS) is 12.2. The lowest BCUT2D eigenvalue weighted by Crippen LogP contribution is -2.26. The molecular formula is C22H25BrF3N5O2. The Morgan fingerprint density at radius 2 is 1.94 bits per heavy atom. The molecule has 0 aliphatic rings. The van der Waals surface area contributed by atoms with E-state index in [1.54, 1.807) is 32.9 Å². The SMILES string of the molecule is C=CCC/C(C)=C(\N)n1nc(C(F)(F)F)cc1C(=O)Nc1c(C)cc(Br)cc1C(=O)NCC. The Balaban J connectivity index is 2.58. The third-order valence-corrected chi connectivity index (χ3v) is 5.20. The summed E-state index contributed by atoms with van der Waals surface area (Å²) < 4.78 is 41.5. The van der Waals surface area contributed by atoms with Gasteiger partial charge in [-0.25, -0.2) is 4.68 Å². The molecule has 0 bridgehead atoms. The molecule has 0 unspecified atom stereocenters. The molecule has 0 saturated heterocycles. The third kappa shape index (κ3) is 6.25. The zero-order chi connectivity index (χ0) is 24.9. The van der Waals surface area contributed by atoms with E-state index in [1.807, 2.05) is 0 Å². The summed E-state index contributed by atoms with van der Waals surface area (Å²) in [7, 11) is 0. The molecule has 1 aromatic heterocycles. The van der Waals surface area contributed by atoms with Crippen LogP contribution in [0.2, 0.25) is 0 Å². The van der Waals surface area contributed by atoms with Crippen LogP contribution in [-0.2, 0) is 6.18 Å². The van der Waals surface area contributed by atoms with Crippen LogP contribution in [0.3, 0.4) is 0 Å². The number of hydrogen-bond acceptors (Lipinski definition) is 4. The molecule has 0 radical (unpaired) electrons. The van der Waals surface area contributed by atoms with Gasteiger partial charge in [0.05, 0.1) is 11.3 Å². The van der Waals surface area contributed by atoms with E-state index in [0.717, 1.165) is 4.68 Å². The molecule has 0 atom stereocenters. The fraction of sp³-hybridized carbons (Fsp3) is 0.318. The topological polar surface area (TPSA) is 102 Å². The first-order chi connectivity index (χ1) is 15.4. The van der Waals surface area contributed by atoms with Gasteiger partial charge in [-0.05, 0) is 56.9 Å². The van der Waals surface area contributed by atoms with Gasteiger partial charge in [0.2, 0.25) is 0 Å². The van der Waals surface area contributed by atoms with E-state index in [-0.39, 0.29) is 17.1 Å². The standard InChI is InChI=1S/C22H25BrF3N5O2/c1-5-7-8-12(3)19(27)31-16(11-17(30-31)22(24,25)26)21(33)29-18-13(4)9-14(23)10-15(18)20(32)28-6-2/h5,9-11H,1,6-8,27H2,2-4H3,(H,28,32)(H,29,33)/b19-12+. The lowest BCUT2D eigenvalue weighted by molar-refractivity contribution is -0.141. The van der Waals surface area contributed by atoms with Gasteiger partial charge >= 0.3 is 6.18 Å². The van der Waals surface area contributed by atoms with Crippen LogP contribution in [0.15, 0.2) is 40.9 Å². The quantitative estimate of drug-likeness (QED) is 0.416. The highest BCUT2D eigenvalue weighted by Crippen LogP contribution is 2.31. The number of aromatic nitrogens is 2. The van der Waals surface area contributed by atoms with E-state index in [4.69, 9.17) is 5.73 Å². The molecule has 2 amide bonds. The Hall–Kier alpha value is -3.08. The van der Waals surface area contributed by atoms with Crippen LogP contribution in [0.1, 0.15) is 58.8 Å². The van der Waals surface area contributed by atoms with Crippen LogP contribution in [0, 0.1) is 6.92 Å². The summed E-state index contributed by atoms with van der Waals surface area (Å²) >= 11 is 3.31. The minimum atomic E-state index is -4.78. The van der Waals surface area contributed by atoms with E-state index in [9.17, 15) is 22.8 Å². The summed E-state index contributed by atoms with van der Waals surface area (Å²) in [6.07, 6.45) is -2.15. The molecule has 4 N–H and O–H groups in total. The number of carbonyl (C=O) groups is 2. The van der Waals surface area contributed by atoms with Gasteiger partial charge in [0, 0.05) is 17.1 Å². The molecule has 0 saturated carbocycles. The van der Waals surface area contributed by atoms with Gasteiger partial charge in [0.1, 0.15) is 11.5 Å². The molecule has 0 aliphatic carbocycles. The predicted molar refractivity (Wildman–Crippen MR) is 125 cm³/mol. The van der Waals surface area contributed by atoms with Crippen LogP contribution >= 0.6 is 15.9 Å². The van der Waals surface area contributed by atoms with Gasteiger partial charge in [-0.15, -0.1) is 6.58 Å². The van der Waals surface area contributed by atoms with Crippen LogP contribution < -0.4 is 16.4 Å². The van der Waals surface area contributed by atoms with Gasteiger partial charge in [-0.2, -0.15) is 18.3 Å². The fourth-order valence-corrected chi connectivity index (χ4v) is 3.59. The summed E-state index contributed by atoms with van der Waals surface area (Å²) in [4.78, 5) is 25.6. The molecule has 2 rings (SSSR count). The van der Waals surface area contributed by atoms with E-state index in [0.29, 0.717) is 41.1 Å². The number of carbonyl (C=O) groups excluding carboxylic acids is 2. The van der Waals surface area contributed by atoms with Crippen molar-refractivity contribution in [2.75, 3.05) is 11.9 Å². The highest BCUT2D eigenvalue weighted by atomic mass is 79.9. The zero-order valence-corrected chi connectivity index (χ0v) is 20.0. The van der Waals surface area contributed by atoms with Crippen LogP contribution in [0.25, 0.3) is 5.82 Å². The van der Waals surface area contributed by atoms with E-state index < -0.39 is 29.4 Å². The number of hydrogen-bond donors (Lipinski definition) is 3. The van der Waals surface area contributed by atoms with E-state index in [1.165, 1.54) is 6.07 Å². The second-order valence-electron chi connectivity index (χ2n) is 7.28. The van der Waals surface area contributed by atoms with Gasteiger partial charge < -0.3 is 16.4 Å². The Morgan fingerprint density at radius 3 is 2.52 bits per heavy atom. The van der Waals surface area contributed by atoms with Crippen molar-refractivity contribution in [3.05, 3.63) is 63.4 Å². The fourth-order valence-electron chi connectivity index (χ4n) is 3.01. The summed E-state index contributed by atoms with van der Waals surface area (Å²) in [5, 5.41) is 8.74. The number of aryl methyl sites for hydroxylation is 1. The van der Waals surface area contributed by atoms with Gasteiger partial charge in [-0.1, -0.05) is 22.0 Å². The number of allylic oxidation sites excluding steroid dienone is 2. The molecule has 1 heterocycles. The maximum atomic E-state index is 13.4. The number of nitrogens with one attached hydrogen (secondary N) is 2. The van der Waals surface area contributed by atoms with Crippen LogP contribution in [0.5, 0.6) is 0 Å². The number of amides is 2. The maximum absolute atomic E-state index is 13.4. The Kier molecular flexibility index (Phi) is 8.48. The highest BCUT2D eigenvalue weighted by Gasteiger charge is 2.36. The third-order valence-electron chi connectivity index (χ3n) is 4.74. The van der Waals surface area contributed by atoms with Gasteiger partial charge in [0.25, 0.3) is 11.8 Å². The Labute approximate surface area is 198 Å². The smallest absolute Gasteiger partial charge is 0.384 e. The Bertz CT molecular complexity index is 1110. The van der Waals surface area contributed by atoms with Crippen molar-refractivity contribution in [2.45, 2.75) is 39.8 Å². The van der Waals surface area contributed by atoms with Gasteiger partial charge in [-0.3, -0.25) is 9.59 Å². The monoisotopic (exact) mass is 527 g/mol. The summed E-state index contributed by atoms with van der Waals surface area (Å²) in [6, 6.07) is 3.81. The number of halogens is 4. The second-order valence-corrected chi connectivity index (χ2v) is 8.19. The summed E-state index contributed by atoms with van der Waals surface area (Å²) in [5.74, 6) is -1.43. The number of alkyl halides is 3. The van der Waals surface area contributed by atoms with Crippen molar-refractivity contribution in [3.63, 3.8) is 0 Å². The summed E-state index contributed by atoms with van der Waals surface area (Å²) in [5.41, 5.74) is 5.79. The van der Waals surface area contributed by atoms with Crippen molar-refractivity contribution < 1.29 is 22.8 Å². The highest BCUT2D eigenvalue weighted by molar-refractivity contribution is 9.10. The molecule has 0 fully saturated rings. The number of benzene rings is 1. The minimum absolute atomic E-state index is 0.0889. The molecule has 33 heavy (non-hydrogen) atoms. The minimum Gasteiger partial charge on any atom is -0.384 e. The average Bonchev–Trinajstić information content (AvgIpc) is 3.19. The predicted octanol–water partition coefficient (Wildman–Crippen LogP) is 5.09. The van der Waals surface area contributed by atoms with Crippen molar-refractivity contribution in [2.24, 2.45) is 5.73 Å². The Morgan fingerprint density at radius 1 is 1.27 bits per heavy atom. The largest absolute Gasteiger partial charge is 0.435 e. The first kappa shape index (κ1) is 26.2. The number of anilines is 1. The maximum Gasteiger partial charge on any atom is 0.435 e. The van der Waals surface area contributed by atoms with Crippen molar-refractivity contribution >= 4 is 39.3 Å².